The average molecular weight is 544 g/mol. The van der Waals surface area contributed by atoms with E-state index in [1.807, 2.05) is 20.8 Å². The summed E-state index contributed by atoms with van der Waals surface area (Å²) in [6.07, 6.45) is 4.12. The Hall–Kier alpha value is -2.68. The quantitative estimate of drug-likeness (QED) is 0.457. The summed E-state index contributed by atoms with van der Waals surface area (Å²) in [5.74, 6) is -2.62. The molecule has 8 nitrogen and oxygen atoms in total. The van der Waals surface area contributed by atoms with Crippen LogP contribution in [0.15, 0.2) is 49.6 Å². The van der Waals surface area contributed by atoms with Gasteiger partial charge in [0.05, 0.1) is 40.8 Å². The lowest BCUT2D eigenvalue weighted by Crippen LogP contribution is -2.59. The topological polar surface area (TPSA) is 90.4 Å². The molecule has 2 bridgehead atoms. The first kappa shape index (κ1) is 28.3. The summed E-state index contributed by atoms with van der Waals surface area (Å²) in [5.41, 5.74) is -1.65. The Bertz CT molecular complexity index is 1140. The second-order valence-corrected chi connectivity index (χ2v) is 11.3. The number of nitrogens with zero attached hydrogens (tertiary/aromatic N) is 3. The third kappa shape index (κ3) is 4.00. The number of fused-ring (bicyclic) bond motifs is 1. The first-order valence-electron chi connectivity index (χ1n) is 13.2. The van der Waals surface area contributed by atoms with Crippen LogP contribution in [0.1, 0.15) is 33.6 Å². The minimum Gasteiger partial charge on any atom is -0.394 e. The molecule has 0 aliphatic carbocycles. The summed E-state index contributed by atoms with van der Waals surface area (Å²) in [6, 6.07) is 5.36. The number of anilines is 1. The Balaban J connectivity index is 1.89. The Kier molecular flexibility index (Phi) is 7.81. The van der Waals surface area contributed by atoms with Crippen LogP contribution < -0.4 is 4.90 Å². The van der Waals surface area contributed by atoms with E-state index in [2.05, 4.69) is 13.2 Å². The molecule has 1 aromatic rings. The fourth-order valence-electron chi connectivity index (χ4n) is 6.91. The number of halogens is 1. The number of aliphatic hydroxyl groups excluding tert-OH is 1. The highest BCUT2D eigenvalue weighted by molar-refractivity contribution is 6.34. The lowest BCUT2D eigenvalue weighted by atomic mass is 9.62. The second kappa shape index (κ2) is 10.5. The third-order valence-corrected chi connectivity index (χ3v) is 9.15. The van der Waals surface area contributed by atoms with Crippen LogP contribution in [0.3, 0.4) is 0 Å². The van der Waals surface area contributed by atoms with Crippen molar-refractivity contribution in [2.45, 2.75) is 56.9 Å². The van der Waals surface area contributed by atoms with E-state index >= 15 is 0 Å². The summed E-state index contributed by atoms with van der Waals surface area (Å²) in [7, 11) is 1.68. The molecule has 7 atom stereocenters. The zero-order chi connectivity index (χ0) is 28.0. The van der Waals surface area contributed by atoms with Gasteiger partial charge in [-0.3, -0.25) is 14.4 Å². The number of benzene rings is 1. The van der Waals surface area contributed by atoms with Crippen LogP contribution in [-0.4, -0.2) is 82.7 Å². The Morgan fingerprint density at radius 2 is 1.92 bits per heavy atom. The summed E-state index contributed by atoms with van der Waals surface area (Å²) < 4.78 is 6.79. The molecule has 3 unspecified atom stereocenters. The summed E-state index contributed by atoms with van der Waals surface area (Å²) in [6.45, 7) is 13.5. The van der Waals surface area contributed by atoms with E-state index in [4.69, 9.17) is 16.3 Å². The molecule has 0 aromatic heterocycles. The SMILES string of the molecule is C=CCN(C)C(=O)[C@H]1[C@H]2C(=O)N([C@@H](CC)CO)C(C(=O)N(CC=C)c3ccccc3Cl)C23CC(C)[C@]1(C)O3. The highest BCUT2D eigenvalue weighted by Gasteiger charge is 2.80. The number of carbonyl (C=O) groups excluding carboxylic acids is 3. The van der Waals surface area contributed by atoms with Crippen molar-refractivity contribution >= 4 is 35.0 Å². The van der Waals surface area contributed by atoms with Gasteiger partial charge in [0.15, 0.2) is 0 Å². The van der Waals surface area contributed by atoms with E-state index in [1.54, 1.807) is 48.4 Å². The van der Waals surface area contributed by atoms with Gasteiger partial charge in [-0.05, 0) is 37.8 Å². The monoisotopic (exact) mass is 543 g/mol. The van der Waals surface area contributed by atoms with Crippen LogP contribution in [0.4, 0.5) is 5.69 Å². The van der Waals surface area contributed by atoms with E-state index < -0.39 is 35.1 Å². The van der Waals surface area contributed by atoms with Crippen molar-refractivity contribution in [3.8, 4) is 0 Å². The first-order chi connectivity index (χ1) is 18.0. The van der Waals surface area contributed by atoms with E-state index in [-0.39, 0.29) is 36.8 Å². The van der Waals surface area contributed by atoms with Crippen LogP contribution in [0.2, 0.25) is 5.02 Å². The predicted octanol–water partition coefficient (Wildman–Crippen LogP) is 3.29. The first-order valence-corrected chi connectivity index (χ1v) is 13.6. The zero-order valence-electron chi connectivity index (χ0n) is 22.6. The van der Waals surface area contributed by atoms with E-state index in [9.17, 15) is 19.5 Å². The van der Waals surface area contributed by atoms with Crippen LogP contribution in [0, 0.1) is 17.8 Å². The van der Waals surface area contributed by atoms with Gasteiger partial charge in [-0.25, -0.2) is 0 Å². The molecule has 3 amide bonds. The molecule has 1 aromatic carbocycles. The largest absolute Gasteiger partial charge is 0.394 e. The van der Waals surface area contributed by atoms with Crippen molar-refractivity contribution in [3.63, 3.8) is 0 Å². The maximum Gasteiger partial charge on any atom is 0.253 e. The molecule has 0 saturated carbocycles. The van der Waals surface area contributed by atoms with Crippen molar-refractivity contribution in [2.24, 2.45) is 17.8 Å². The van der Waals surface area contributed by atoms with Crippen LogP contribution >= 0.6 is 11.6 Å². The highest BCUT2D eigenvalue weighted by atomic mass is 35.5. The molecule has 1 N–H and O–H groups in total. The average Bonchev–Trinajstić information content (AvgIpc) is 3.40. The summed E-state index contributed by atoms with van der Waals surface area (Å²) in [4.78, 5) is 47.3. The molecular weight excluding hydrogens is 506 g/mol. The normalized spacial score (nSPS) is 32.2. The number of amides is 3. The molecule has 1 spiro atoms. The molecular formula is C29H38ClN3O5. The van der Waals surface area contributed by atoms with Crippen LogP contribution in [0.5, 0.6) is 0 Å². The lowest BCUT2D eigenvalue weighted by molar-refractivity contribution is -0.153. The summed E-state index contributed by atoms with van der Waals surface area (Å²) >= 11 is 6.51. The molecule has 3 fully saturated rings. The van der Waals surface area contributed by atoms with Crippen molar-refractivity contribution in [3.05, 3.63) is 54.6 Å². The number of ether oxygens (including phenoxy) is 1. The third-order valence-electron chi connectivity index (χ3n) is 8.83. The van der Waals surface area contributed by atoms with Crippen molar-refractivity contribution in [1.82, 2.24) is 9.80 Å². The molecule has 0 radical (unpaired) electrons. The van der Waals surface area contributed by atoms with Gasteiger partial charge in [0.2, 0.25) is 11.8 Å². The molecule has 38 heavy (non-hydrogen) atoms. The molecule has 9 heteroatoms. The second-order valence-electron chi connectivity index (χ2n) is 10.9. The maximum atomic E-state index is 14.6. The minimum absolute atomic E-state index is 0.0877. The number of rotatable bonds is 10. The van der Waals surface area contributed by atoms with Gasteiger partial charge >= 0.3 is 0 Å². The maximum absolute atomic E-state index is 14.6. The standard InChI is InChI=1S/C29H38ClN3O5/c1-7-14-31(6)25(35)22-23-26(36)33(19(9-3)17-34)24(29(23)16-18(4)28(22,5)38-29)27(37)32(15-8-2)21-13-11-10-12-20(21)30/h7-8,10-13,18-19,22-24,34H,1-2,9,14-17H2,3-6H3/t18?,19-,22+,23-,24?,28-,29?/m0/s1. The van der Waals surface area contributed by atoms with Crippen molar-refractivity contribution in [2.75, 3.05) is 31.6 Å². The van der Waals surface area contributed by atoms with Gasteiger partial charge in [-0.1, -0.05) is 49.7 Å². The smallest absolute Gasteiger partial charge is 0.253 e. The van der Waals surface area contributed by atoms with E-state index in [0.717, 1.165) is 0 Å². The van der Waals surface area contributed by atoms with Crippen molar-refractivity contribution in [1.29, 1.82) is 0 Å². The number of aliphatic hydroxyl groups is 1. The van der Waals surface area contributed by atoms with Gasteiger partial charge < -0.3 is 24.5 Å². The van der Waals surface area contributed by atoms with Gasteiger partial charge in [0.25, 0.3) is 5.91 Å². The van der Waals surface area contributed by atoms with Crippen LogP contribution in [-0.2, 0) is 19.1 Å². The van der Waals surface area contributed by atoms with Gasteiger partial charge in [0.1, 0.15) is 11.6 Å². The molecule has 3 heterocycles. The number of carbonyl (C=O) groups is 3. The number of hydrogen-bond donors (Lipinski definition) is 1. The highest BCUT2D eigenvalue weighted by Crippen LogP contribution is 2.66. The number of hydrogen-bond acceptors (Lipinski definition) is 5. The van der Waals surface area contributed by atoms with E-state index in [1.165, 1.54) is 9.80 Å². The number of para-hydroxylation sites is 1. The van der Waals surface area contributed by atoms with Crippen molar-refractivity contribution < 1.29 is 24.2 Å². The van der Waals surface area contributed by atoms with Gasteiger partial charge in [-0.15, -0.1) is 13.2 Å². The Morgan fingerprint density at radius 1 is 1.26 bits per heavy atom. The van der Waals surface area contributed by atoms with E-state index in [0.29, 0.717) is 30.1 Å². The summed E-state index contributed by atoms with van der Waals surface area (Å²) in [5, 5.41) is 10.7. The molecule has 3 aliphatic rings. The Labute approximate surface area is 229 Å². The fourth-order valence-corrected chi connectivity index (χ4v) is 7.15. The van der Waals surface area contributed by atoms with Gasteiger partial charge in [0, 0.05) is 20.1 Å². The minimum atomic E-state index is -1.22. The molecule has 3 saturated heterocycles. The van der Waals surface area contributed by atoms with Gasteiger partial charge in [-0.2, -0.15) is 0 Å². The molecule has 206 valence electrons. The predicted molar refractivity (Wildman–Crippen MR) is 147 cm³/mol. The molecule has 3 aliphatic heterocycles. The number of likely N-dealkylation sites (N-methyl/N-ethyl adjacent to an activating group) is 1. The Morgan fingerprint density at radius 3 is 2.50 bits per heavy atom. The lowest BCUT2D eigenvalue weighted by Gasteiger charge is -2.39. The number of likely N-dealkylation sites (tertiary alicyclic amines) is 1. The molecule has 4 rings (SSSR count). The van der Waals surface area contributed by atoms with Crippen LogP contribution in [0.25, 0.3) is 0 Å². The fraction of sp³-hybridized carbons (Fsp3) is 0.552. The zero-order valence-corrected chi connectivity index (χ0v) is 23.4.